The Kier molecular flexibility index (Phi) is 6.94. The predicted molar refractivity (Wildman–Crippen MR) is 141 cm³/mol. The van der Waals surface area contributed by atoms with Gasteiger partial charge in [-0.15, -0.1) is 0 Å². The molecular formula is C28H34ClN3O4. The first-order chi connectivity index (χ1) is 16.8. The van der Waals surface area contributed by atoms with E-state index in [0.29, 0.717) is 40.4 Å². The van der Waals surface area contributed by atoms with Crippen molar-refractivity contribution in [2.24, 2.45) is 0 Å². The molecule has 3 aromatic rings. The van der Waals surface area contributed by atoms with Crippen molar-refractivity contribution < 1.29 is 19.5 Å². The maximum Gasteiger partial charge on any atom is 0.262 e. The summed E-state index contributed by atoms with van der Waals surface area (Å²) in [5, 5.41) is 16.5. The Balaban J connectivity index is 1.67. The third kappa shape index (κ3) is 4.88. The Morgan fingerprint density at radius 1 is 1.08 bits per heavy atom. The van der Waals surface area contributed by atoms with Crippen molar-refractivity contribution in [1.82, 2.24) is 14.9 Å². The van der Waals surface area contributed by atoms with Crippen LogP contribution in [-0.2, 0) is 11.2 Å². The molecule has 1 aliphatic rings. The van der Waals surface area contributed by atoms with Crippen LogP contribution in [0.15, 0.2) is 42.5 Å². The number of benzene rings is 2. The largest absolute Gasteiger partial charge is 0.497 e. The number of nitrogens with one attached hydrogen (secondary N) is 1. The van der Waals surface area contributed by atoms with Gasteiger partial charge in [0.2, 0.25) is 5.91 Å². The van der Waals surface area contributed by atoms with E-state index in [9.17, 15) is 14.8 Å². The summed E-state index contributed by atoms with van der Waals surface area (Å²) in [5.74, 6) is 0.339. The molecule has 2 aromatic carbocycles. The molecular weight excluding hydrogens is 478 g/mol. The molecule has 2 N–H and O–H groups in total. The second-order valence-electron chi connectivity index (χ2n) is 10.9. The number of methoxy groups -OCH3 is 1. The standard InChI is InChI=1S/C28H34ClN3O4/c1-17-22(14-25(33)30-20-15-27(2,3)32(35)28(4,5)16-20)23-13-21(36-6)11-12-24(23)31(17)26(34)18-7-9-19(29)10-8-18/h7-13,20,35H,14-16H2,1-6H3,(H,30,33). The number of hydrogen-bond donors (Lipinski definition) is 2. The first-order valence-corrected chi connectivity index (χ1v) is 12.5. The molecule has 192 valence electrons. The van der Waals surface area contributed by atoms with Gasteiger partial charge in [-0.05, 0) is 95.5 Å². The highest BCUT2D eigenvalue weighted by Gasteiger charge is 2.45. The summed E-state index contributed by atoms with van der Waals surface area (Å²) >= 11 is 6.01. The van der Waals surface area contributed by atoms with Crippen molar-refractivity contribution in [1.29, 1.82) is 0 Å². The first-order valence-electron chi connectivity index (χ1n) is 12.1. The predicted octanol–water partition coefficient (Wildman–Crippen LogP) is 5.37. The van der Waals surface area contributed by atoms with E-state index in [0.717, 1.165) is 10.9 Å². The summed E-state index contributed by atoms with van der Waals surface area (Å²) in [4.78, 5) is 26.8. The maximum atomic E-state index is 13.5. The van der Waals surface area contributed by atoms with Gasteiger partial charge in [0.15, 0.2) is 0 Å². The van der Waals surface area contributed by atoms with Gasteiger partial charge in [0.05, 0.1) is 19.0 Å². The molecule has 7 nitrogen and oxygen atoms in total. The van der Waals surface area contributed by atoms with Crippen LogP contribution in [0, 0.1) is 6.92 Å². The average Bonchev–Trinajstić information content (AvgIpc) is 3.07. The van der Waals surface area contributed by atoms with Crippen molar-refractivity contribution in [2.75, 3.05) is 7.11 Å². The fraction of sp³-hybridized carbons (Fsp3) is 0.429. The van der Waals surface area contributed by atoms with Crippen LogP contribution >= 0.6 is 11.6 Å². The van der Waals surface area contributed by atoms with Crippen LogP contribution in [0.5, 0.6) is 5.75 Å². The summed E-state index contributed by atoms with van der Waals surface area (Å²) in [6.45, 7) is 9.75. The quantitative estimate of drug-likeness (QED) is 0.481. The zero-order chi connectivity index (χ0) is 26.4. The summed E-state index contributed by atoms with van der Waals surface area (Å²) in [7, 11) is 1.59. The Morgan fingerprint density at radius 3 is 2.28 bits per heavy atom. The van der Waals surface area contributed by atoms with Crippen molar-refractivity contribution in [3.8, 4) is 5.75 Å². The average molecular weight is 512 g/mol. The zero-order valence-electron chi connectivity index (χ0n) is 21.7. The number of ether oxygens (including phenoxy) is 1. The second-order valence-corrected chi connectivity index (χ2v) is 11.3. The van der Waals surface area contributed by atoms with Crippen LogP contribution in [-0.4, -0.2) is 50.9 Å². The van der Waals surface area contributed by atoms with Crippen LogP contribution in [0.2, 0.25) is 5.02 Å². The van der Waals surface area contributed by atoms with Gasteiger partial charge < -0.3 is 15.3 Å². The van der Waals surface area contributed by atoms with Crippen LogP contribution < -0.4 is 10.1 Å². The number of carbonyl (C=O) groups is 2. The molecule has 1 amide bonds. The number of rotatable bonds is 5. The third-order valence-electron chi connectivity index (χ3n) is 7.18. The van der Waals surface area contributed by atoms with Crippen molar-refractivity contribution >= 4 is 34.3 Å². The van der Waals surface area contributed by atoms with Gasteiger partial charge in [-0.2, -0.15) is 5.06 Å². The molecule has 8 heteroatoms. The van der Waals surface area contributed by atoms with E-state index >= 15 is 0 Å². The van der Waals surface area contributed by atoms with E-state index in [2.05, 4.69) is 5.32 Å². The number of fused-ring (bicyclic) bond motifs is 1. The summed E-state index contributed by atoms with van der Waals surface area (Å²) in [6, 6.07) is 12.2. The molecule has 1 saturated heterocycles. The molecule has 0 aliphatic carbocycles. The Bertz CT molecular complexity index is 1290. The third-order valence-corrected chi connectivity index (χ3v) is 7.43. The zero-order valence-corrected chi connectivity index (χ0v) is 22.4. The number of hydroxylamine groups is 2. The highest BCUT2D eigenvalue weighted by atomic mass is 35.5. The van der Waals surface area contributed by atoms with Crippen molar-refractivity contribution in [2.45, 2.75) is 71.0 Å². The Labute approximate surface area is 216 Å². The maximum absolute atomic E-state index is 13.5. The molecule has 1 aliphatic heterocycles. The minimum absolute atomic E-state index is 0.0789. The molecule has 1 aromatic heterocycles. The van der Waals surface area contributed by atoms with Gasteiger partial charge in [-0.1, -0.05) is 11.6 Å². The molecule has 4 rings (SSSR count). The number of nitrogens with zero attached hydrogens (tertiary/aromatic N) is 2. The van der Waals surface area contributed by atoms with Crippen LogP contribution in [0.4, 0.5) is 0 Å². The SMILES string of the molecule is COc1ccc2c(c1)c(CC(=O)NC1CC(C)(C)N(O)C(C)(C)C1)c(C)n2C(=O)c1ccc(Cl)cc1. The highest BCUT2D eigenvalue weighted by molar-refractivity contribution is 6.30. The van der Waals surface area contributed by atoms with E-state index in [1.165, 1.54) is 5.06 Å². The highest BCUT2D eigenvalue weighted by Crippen LogP contribution is 2.37. The van der Waals surface area contributed by atoms with Crippen LogP contribution in [0.1, 0.15) is 62.2 Å². The molecule has 0 spiro atoms. The minimum Gasteiger partial charge on any atom is -0.497 e. The molecule has 36 heavy (non-hydrogen) atoms. The van der Waals surface area contributed by atoms with Crippen LogP contribution in [0.3, 0.4) is 0 Å². The topological polar surface area (TPSA) is 83.8 Å². The van der Waals surface area contributed by atoms with Crippen molar-refractivity contribution in [3.63, 3.8) is 0 Å². The first kappa shape index (κ1) is 26.2. The van der Waals surface area contributed by atoms with Gasteiger partial charge in [-0.3, -0.25) is 14.2 Å². The number of carbonyl (C=O) groups excluding carboxylic acids is 2. The van der Waals surface area contributed by atoms with E-state index < -0.39 is 11.1 Å². The lowest BCUT2D eigenvalue weighted by Crippen LogP contribution is -2.63. The monoisotopic (exact) mass is 511 g/mol. The summed E-state index contributed by atoms with van der Waals surface area (Å²) < 4.78 is 7.08. The summed E-state index contributed by atoms with van der Waals surface area (Å²) in [5.41, 5.74) is 1.77. The molecule has 0 radical (unpaired) electrons. The Morgan fingerprint density at radius 2 is 1.69 bits per heavy atom. The van der Waals surface area contributed by atoms with E-state index in [-0.39, 0.29) is 24.3 Å². The van der Waals surface area contributed by atoms with Crippen molar-refractivity contribution in [3.05, 3.63) is 64.3 Å². The van der Waals surface area contributed by atoms with Crippen LogP contribution in [0.25, 0.3) is 10.9 Å². The summed E-state index contributed by atoms with van der Waals surface area (Å²) in [6.07, 6.45) is 1.38. The normalized spacial score (nSPS) is 17.8. The lowest BCUT2D eigenvalue weighted by molar-refractivity contribution is -0.246. The fourth-order valence-electron chi connectivity index (χ4n) is 5.61. The smallest absolute Gasteiger partial charge is 0.262 e. The molecule has 0 unspecified atom stereocenters. The lowest BCUT2D eigenvalue weighted by Gasteiger charge is -2.51. The van der Waals surface area contributed by atoms with Gasteiger partial charge >= 0.3 is 0 Å². The van der Waals surface area contributed by atoms with Gasteiger partial charge in [0, 0.05) is 38.8 Å². The van der Waals surface area contributed by atoms with E-state index in [1.807, 2.05) is 52.8 Å². The minimum atomic E-state index is -0.468. The number of piperidine rings is 1. The van der Waals surface area contributed by atoms with E-state index in [4.69, 9.17) is 16.3 Å². The second kappa shape index (κ2) is 9.54. The lowest BCUT2D eigenvalue weighted by atomic mass is 9.79. The number of amides is 1. The fourth-order valence-corrected chi connectivity index (χ4v) is 5.73. The molecule has 0 saturated carbocycles. The van der Waals surface area contributed by atoms with Gasteiger partial charge in [-0.25, -0.2) is 0 Å². The molecule has 0 bridgehead atoms. The molecule has 1 fully saturated rings. The van der Waals surface area contributed by atoms with Gasteiger partial charge in [0.1, 0.15) is 5.75 Å². The number of aromatic nitrogens is 1. The molecule has 2 heterocycles. The van der Waals surface area contributed by atoms with E-state index in [1.54, 1.807) is 35.9 Å². The van der Waals surface area contributed by atoms with Gasteiger partial charge in [0.25, 0.3) is 5.91 Å². The Hall–Kier alpha value is -2.87. The number of hydrogen-bond acceptors (Lipinski definition) is 5. The number of halogens is 1. The molecule has 0 atom stereocenters.